The van der Waals surface area contributed by atoms with Crippen molar-refractivity contribution in [3.8, 4) is 5.75 Å². The van der Waals surface area contributed by atoms with Crippen LogP contribution in [0.25, 0.3) is 0 Å². The Morgan fingerprint density at radius 2 is 1.76 bits per heavy atom. The molecule has 2 aromatic carbocycles. The van der Waals surface area contributed by atoms with E-state index in [1.54, 1.807) is 0 Å². The number of ether oxygens (including phenoxy) is 1. The van der Waals surface area contributed by atoms with Gasteiger partial charge in [0.05, 0.1) is 4.90 Å². The molecule has 1 aliphatic heterocycles. The topological polar surface area (TPSA) is 92.8 Å². The van der Waals surface area contributed by atoms with Crippen LogP contribution in [0.1, 0.15) is 35.7 Å². The highest BCUT2D eigenvalue weighted by Gasteiger charge is 2.33. The van der Waals surface area contributed by atoms with Gasteiger partial charge in [-0.1, -0.05) is 30.3 Å². The molecule has 0 spiro atoms. The van der Waals surface area contributed by atoms with E-state index < -0.39 is 22.3 Å². The summed E-state index contributed by atoms with van der Waals surface area (Å²) >= 11 is 0. The average Bonchev–Trinajstić information content (AvgIpc) is 2.77. The highest BCUT2D eigenvalue weighted by Crippen LogP contribution is 2.27. The summed E-state index contributed by atoms with van der Waals surface area (Å²) in [6, 6.07) is 11.3. The van der Waals surface area contributed by atoms with E-state index in [1.807, 2.05) is 0 Å². The molecule has 0 bridgehead atoms. The summed E-state index contributed by atoms with van der Waals surface area (Å²) in [4.78, 5) is 24.1. The fourth-order valence-corrected chi connectivity index (χ4v) is 5.10. The molecule has 3 rings (SSSR count). The van der Waals surface area contributed by atoms with Gasteiger partial charge in [-0.05, 0) is 38.0 Å². The molecule has 1 saturated heterocycles. The highest BCUT2D eigenvalue weighted by atomic mass is 32.2. The summed E-state index contributed by atoms with van der Waals surface area (Å²) < 4.78 is 68.7. The van der Waals surface area contributed by atoms with E-state index in [1.165, 1.54) is 59.8 Å². The van der Waals surface area contributed by atoms with E-state index in [2.05, 4.69) is 10.1 Å². The molecule has 0 aromatic heterocycles. The van der Waals surface area contributed by atoms with Crippen LogP contribution < -0.4 is 10.1 Å². The summed E-state index contributed by atoms with van der Waals surface area (Å²) in [5.41, 5.74) is 0.466. The van der Waals surface area contributed by atoms with Gasteiger partial charge in [-0.15, -0.1) is 13.2 Å². The Morgan fingerprint density at radius 1 is 1.09 bits per heavy atom. The molecule has 0 atom stereocenters. The van der Waals surface area contributed by atoms with Crippen molar-refractivity contribution in [3.05, 3.63) is 59.7 Å². The maximum atomic E-state index is 12.9. The summed E-state index contributed by atoms with van der Waals surface area (Å²) in [5, 5.41) is 2.61. The minimum absolute atomic E-state index is 0.0133. The second-order valence-corrected chi connectivity index (χ2v) is 9.57. The molecule has 11 heteroatoms. The number of piperidine rings is 1. The standard InChI is InChI=1S/C22H23F3N2O5S/c1-15(28)17-6-4-7-19(13-17)33(30,31)27-11-9-16(10-12-27)21(29)26-14-18-5-2-3-8-20(18)32-22(23,24)25/h2-8,13,16H,9-12,14H2,1H3,(H,26,29). The molecule has 0 aliphatic carbocycles. The Kier molecular flexibility index (Phi) is 7.43. The smallest absolute Gasteiger partial charge is 0.405 e. The molecule has 33 heavy (non-hydrogen) atoms. The van der Waals surface area contributed by atoms with Crippen molar-refractivity contribution in [2.75, 3.05) is 13.1 Å². The predicted molar refractivity (Wildman–Crippen MR) is 113 cm³/mol. The van der Waals surface area contributed by atoms with Gasteiger partial charge < -0.3 is 10.1 Å². The highest BCUT2D eigenvalue weighted by molar-refractivity contribution is 7.89. The van der Waals surface area contributed by atoms with E-state index in [-0.39, 0.29) is 60.4 Å². The van der Waals surface area contributed by atoms with E-state index in [0.29, 0.717) is 5.56 Å². The number of ketones is 1. The minimum atomic E-state index is -4.84. The van der Waals surface area contributed by atoms with Crippen molar-refractivity contribution in [3.63, 3.8) is 0 Å². The van der Waals surface area contributed by atoms with Gasteiger partial charge in [-0.2, -0.15) is 4.31 Å². The lowest BCUT2D eigenvalue weighted by molar-refractivity contribution is -0.274. The lowest BCUT2D eigenvalue weighted by Crippen LogP contribution is -2.42. The molecule has 0 saturated carbocycles. The SMILES string of the molecule is CC(=O)c1cccc(S(=O)(=O)N2CCC(C(=O)NCc3ccccc3OC(F)(F)F)CC2)c1. The number of nitrogens with zero attached hydrogens (tertiary/aromatic N) is 1. The van der Waals surface area contributed by atoms with Crippen LogP contribution in [0.2, 0.25) is 0 Å². The molecule has 1 amide bonds. The summed E-state index contributed by atoms with van der Waals surface area (Å²) in [6.07, 6.45) is -4.32. The normalized spacial score (nSPS) is 15.8. The zero-order chi connectivity index (χ0) is 24.2. The third-order valence-electron chi connectivity index (χ3n) is 5.35. The number of rotatable bonds is 7. The second-order valence-electron chi connectivity index (χ2n) is 7.64. The predicted octanol–water partition coefficient (Wildman–Crippen LogP) is 3.50. The zero-order valence-electron chi connectivity index (χ0n) is 17.8. The first-order chi connectivity index (χ1) is 15.5. The third kappa shape index (κ3) is 6.32. The molecule has 178 valence electrons. The first-order valence-corrected chi connectivity index (χ1v) is 11.6. The number of sulfonamides is 1. The molecule has 1 heterocycles. The second kappa shape index (κ2) is 9.92. The Morgan fingerprint density at radius 3 is 2.39 bits per heavy atom. The lowest BCUT2D eigenvalue weighted by atomic mass is 9.97. The zero-order valence-corrected chi connectivity index (χ0v) is 18.6. The van der Waals surface area contributed by atoms with Gasteiger partial charge in [0.2, 0.25) is 15.9 Å². The van der Waals surface area contributed by atoms with Gasteiger partial charge in [-0.3, -0.25) is 9.59 Å². The maximum Gasteiger partial charge on any atom is 0.573 e. The summed E-state index contributed by atoms with van der Waals surface area (Å²) in [6.45, 7) is 1.42. The number of para-hydroxylation sites is 1. The molecule has 1 fully saturated rings. The molecule has 1 aliphatic rings. The quantitative estimate of drug-likeness (QED) is 0.608. The number of amides is 1. The number of carbonyl (C=O) groups excluding carboxylic acids is 2. The summed E-state index contributed by atoms with van der Waals surface area (Å²) in [7, 11) is -3.82. The van der Waals surface area contributed by atoms with Gasteiger partial charge in [-0.25, -0.2) is 8.42 Å². The maximum absolute atomic E-state index is 12.9. The van der Waals surface area contributed by atoms with Crippen LogP contribution in [-0.2, 0) is 21.4 Å². The number of alkyl halides is 3. The fourth-order valence-electron chi connectivity index (χ4n) is 3.58. The van der Waals surface area contributed by atoms with Crippen LogP contribution in [0.3, 0.4) is 0 Å². The number of Topliss-reactive ketones (excluding diaryl/α,β-unsaturated/α-hetero) is 1. The van der Waals surface area contributed by atoms with Crippen LogP contribution in [0, 0.1) is 5.92 Å². The molecule has 7 nitrogen and oxygen atoms in total. The first-order valence-electron chi connectivity index (χ1n) is 10.2. The lowest BCUT2D eigenvalue weighted by Gasteiger charge is -2.30. The Labute approximate surface area is 189 Å². The largest absolute Gasteiger partial charge is 0.573 e. The third-order valence-corrected chi connectivity index (χ3v) is 7.25. The number of nitrogens with one attached hydrogen (secondary N) is 1. The molecule has 0 unspecified atom stereocenters. The van der Waals surface area contributed by atoms with Crippen LogP contribution in [0.5, 0.6) is 5.75 Å². The number of benzene rings is 2. The van der Waals surface area contributed by atoms with Crippen molar-refractivity contribution in [2.24, 2.45) is 5.92 Å². The van der Waals surface area contributed by atoms with Gasteiger partial charge >= 0.3 is 6.36 Å². The average molecular weight is 484 g/mol. The molecule has 2 aromatic rings. The minimum Gasteiger partial charge on any atom is -0.405 e. The first kappa shape index (κ1) is 24.7. The molecule has 1 N–H and O–H groups in total. The van der Waals surface area contributed by atoms with E-state index in [0.717, 1.165) is 0 Å². The number of hydrogen-bond acceptors (Lipinski definition) is 5. The van der Waals surface area contributed by atoms with E-state index in [4.69, 9.17) is 0 Å². The number of halogens is 3. The molecule has 0 radical (unpaired) electrons. The van der Waals surface area contributed by atoms with Crippen molar-refractivity contribution in [2.45, 2.75) is 37.6 Å². The Balaban J connectivity index is 1.59. The van der Waals surface area contributed by atoms with Crippen LogP contribution in [0.15, 0.2) is 53.4 Å². The number of hydrogen-bond donors (Lipinski definition) is 1. The van der Waals surface area contributed by atoms with E-state index >= 15 is 0 Å². The van der Waals surface area contributed by atoms with Crippen molar-refractivity contribution in [1.82, 2.24) is 9.62 Å². The van der Waals surface area contributed by atoms with Gasteiger partial charge in [0, 0.05) is 36.7 Å². The Hall–Kier alpha value is -2.92. The van der Waals surface area contributed by atoms with Gasteiger partial charge in [0.15, 0.2) is 5.78 Å². The molecular weight excluding hydrogens is 461 g/mol. The van der Waals surface area contributed by atoms with Crippen molar-refractivity contribution < 1.29 is 35.9 Å². The summed E-state index contributed by atoms with van der Waals surface area (Å²) in [5.74, 6) is -1.48. The van der Waals surface area contributed by atoms with Crippen LogP contribution >= 0.6 is 0 Å². The monoisotopic (exact) mass is 484 g/mol. The van der Waals surface area contributed by atoms with E-state index in [9.17, 15) is 31.2 Å². The number of carbonyl (C=O) groups is 2. The van der Waals surface area contributed by atoms with Crippen LogP contribution in [0.4, 0.5) is 13.2 Å². The molecular formula is C22H23F3N2O5S. The van der Waals surface area contributed by atoms with Crippen molar-refractivity contribution >= 4 is 21.7 Å². The van der Waals surface area contributed by atoms with Crippen molar-refractivity contribution in [1.29, 1.82) is 0 Å². The fraction of sp³-hybridized carbons (Fsp3) is 0.364. The van der Waals surface area contributed by atoms with Gasteiger partial charge in [0.25, 0.3) is 0 Å². The van der Waals surface area contributed by atoms with Gasteiger partial charge in [0.1, 0.15) is 5.75 Å². The Bertz CT molecular complexity index is 1130. The van der Waals surface area contributed by atoms with Crippen LogP contribution in [-0.4, -0.2) is 43.9 Å².